The van der Waals surface area contributed by atoms with Gasteiger partial charge in [0.1, 0.15) is 0 Å². The van der Waals surface area contributed by atoms with Gasteiger partial charge in [-0.05, 0) is 51.2 Å². The highest BCUT2D eigenvalue weighted by Crippen LogP contribution is 2.30. The maximum atomic E-state index is 12.8. The molecule has 1 amide bonds. The van der Waals surface area contributed by atoms with E-state index in [-0.39, 0.29) is 11.9 Å². The first-order chi connectivity index (χ1) is 12.5. The molecule has 0 bridgehead atoms. The minimum Gasteiger partial charge on any atom is -0.481 e. The number of rotatable bonds is 4. The Morgan fingerprint density at radius 2 is 1.92 bits per heavy atom. The summed E-state index contributed by atoms with van der Waals surface area (Å²) in [5, 5.41) is 16.9. The molecule has 4 rings (SSSR count). The van der Waals surface area contributed by atoms with Crippen LogP contribution in [0.5, 0.6) is 0 Å². The number of hydrogen-bond donors (Lipinski definition) is 2. The largest absolute Gasteiger partial charge is 0.481 e. The van der Waals surface area contributed by atoms with E-state index in [1.54, 1.807) is 0 Å². The van der Waals surface area contributed by atoms with Gasteiger partial charge in [0, 0.05) is 17.3 Å². The van der Waals surface area contributed by atoms with Crippen LogP contribution in [-0.4, -0.2) is 32.8 Å². The Morgan fingerprint density at radius 3 is 2.65 bits per heavy atom. The van der Waals surface area contributed by atoms with Gasteiger partial charge in [-0.2, -0.15) is 5.10 Å². The molecule has 1 aromatic heterocycles. The summed E-state index contributed by atoms with van der Waals surface area (Å²) < 4.78 is 1.88. The van der Waals surface area contributed by atoms with Crippen LogP contribution in [0.15, 0.2) is 24.3 Å². The van der Waals surface area contributed by atoms with Crippen molar-refractivity contribution in [2.75, 3.05) is 0 Å². The topological polar surface area (TPSA) is 84.2 Å². The molecule has 136 valence electrons. The fourth-order valence-electron chi connectivity index (χ4n) is 4.18. The van der Waals surface area contributed by atoms with E-state index in [1.165, 1.54) is 5.56 Å². The van der Waals surface area contributed by atoms with Crippen molar-refractivity contribution in [1.82, 2.24) is 15.1 Å². The smallest absolute Gasteiger partial charge is 0.308 e. The number of carboxylic acids is 1. The van der Waals surface area contributed by atoms with Crippen molar-refractivity contribution in [3.8, 4) is 5.69 Å². The molecule has 1 fully saturated rings. The van der Waals surface area contributed by atoms with Crippen LogP contribution in [0, 0.1) is 12.8 Å². The monoisotopic (exact) mass is 353 g/mol. The number of aryl methyl sites for hydroxylation is 1. The minimum atomic E-state index is -0.830. The first-order valence-electron chi connectivity index (χ1n) is 9.26. The van der Waals surface area contributed by atoms with E-state index in [9.17, 15) is 14.7 Å². The zero-order valence-corrected chi connectivity index (χ0v) is 14.9. The second-order valence-electron chi connectivity index (χ2n) is 7.33. The third-order valence-electron chi connectivity index (χ3n) is 5.57. The van der Waals surface area contributed by atoms with Crippen molar-refractivity contribution < 1.29 is 14.7 Å². The average Bonchev–Trinajstić information content (AvgIpc) is 3.31. The molecule has 0 radical (unpaired) electrons. The predicted octanol–water partition coefficient (Wildman–Crippen LogP) is 2.65. The maximum Gasteiger partial charge on any atom is 0.308 e. The van der Waals surface area contributed by atoms with Crippen molar-refractivity contribution >= 4 is 11.9 Å². The molecule has 1 heterocycles. The van der Waals surface area contributed by atoms with Crippen LogP contribution < -0.4 is 5.32 Å². The molecule has 0 unspecified atom stereocenters. The predicted molar refractivity (Wildman–Crippen MR) is 96.6 cm³/mol. The van der Waals surface area contributed by atoms with E-state index in [1.807, 2.05) is 35.9 Å². The van der Waals surface area contributed by atoms with E-state index >= 15 is 0 Å². The van der Waals surface area contributed by atoms with E-state index in [4.69, 9.17) is 0 Å². The van der Waals surface area contributed by atoms with Crippen LogP contribution >= 0.6 is 0 Å². The SMILES string of the molecule is Cc1ccc(-n2nc(C(=O)N[C@@H]3CCC[C@@H]3C(=O)O)c3c2CCC3)cc1. The van der Waals surface area contributed by atoms with Crippen molar-refractivity contribution in [2.45, 2.75) is 51.5 Å². The number of amides is 1. The summed E-state index contributed by atoms with van der Waals surface area (Å²) >= 11 is 0. The average molecular weight is 353 g/mol. The lowest BCUT2D eigenvalue weighted by atomic mass is 10.0. The Kier molecular flexibility index (Phi) is 4.26. The summed E-state index contributed by atoms with van der Waals surface area (Å²) in [5.74, 6) is -1.57. The molecule has 0 saturated heterocycles. The highest BCUT2D eigenvalue weighted by molar-refractivity contribution is 5.95. The van der Waals surface area contributed by atoms with Crippen molar-refractivity contribution in [1.29, 1.82) is 0 Å². The zero-order valence-electron chi connectivity index (χ0n) is 14.9. The number of fused-ring (bicyclic) bond motifs is 1. The number of aromatic nitrogens is 2. The van der Waals surface area contributed by atoms with Gasteiger partial charge in [0.2, 0.25) is 0 Å². The molecule has 6 nitrogen and oxygen atoms in total. The van der Waals surface area contributed by atoms with Crippen LogP contribution in [0.1, 0.15) is 53.0 Å². The molecule has 1 aromatic carbocycles. The normalized spacial score (nSPS) is 21.6. The molecule has 1 saturated carbocycles. The first-order valence-corrected chi connectivity index (χ1v) is 9.26. The summed E-state index contributed by atoms with van der Waals surface area (Å²) in [5.41, 5.74) is 4.69. The van der Waals surface area contributed by atoms with Gasteiger partial charge in [-0.1, -0.05) is 24.1 Å². The van der Waals surface area contributed by atoms with Crippen molar-refractivity contribution in [2.24, 2.45) is 5.92 Å². The third-order valence-corrected chi connectivity index (χ3v) is 5.57. The quantitative estimate of drug-likeness (QED) is 0.885. The third kappa shape index (κ3) is 2.89. The maximum absolute atomic E-state index is 12.8. The Labute approximate surface area is 152 Å². The number of aliphatic carboxylic acids is 1. The molecule has 2 aromatic rings. The molecule has 26 heavy (non-hydrogen) atoms. The number of carbonyl (C=O) groups is 2. The minimum absolute atomic E-state index is 0.243. The molecule has 2 atom stereocenters. The highest BCUT2D eigenvalue weighted by Gasteiger charge is 2.35. The number of nitrogens with one attached hydrogen (secondary N) is 1. The lowest BCUT2D eigenvalue weighted by molar-refractivity contribution is -0.142. The zero-order chi connectivity index (χ0) is 18.3. The highest BCUT2D eigenvalue weighted by atomic mass is 16.4. The summed E-state index contributed by atoms with van der Waals surface area (Å²) in [7, 11) is 0. The van der Waals surface area contributed by atoms with E-state index in [0.717, 1.165) is 42.6 Å². The van der Waals surface area contributed by atoms with Gasteiger partial charge >= 0.3 is 5.97 Å². The second kappa shape index (κ2) is 6.59. The number of carboxylic acid groups (broad SMARTS) is 1. The molecule has 2 aliphatic rings. The van der Waals surface area contributed by atoms with E-state index in [2.05, 4.69) is 10.4 Å². The Balaban J connectivity index is 1.63. The fourth-order valence-corrected chi connectivity index (χ4v) is 4.18. The lowest BCUT2D eigenvalue weighted by Gasteiger charge is -2.17. The number of hydrogen-bond acceptors (Lipinski definition) is 3. The second-order valence-corrected chi connectivity index (χ2v) is 7.33. The van der Waals surface area contributed by atoms with Gasteiger partial charge in [0.25, 0.3) is 5.91 Å². The van der Waals surface area contributed by atoms with E-state index < -0.39 is 11.9 Å². The number of carbonyl (C=O) groups excluding carboxylic acids is 1. The van der Waals surface area contributed by atoms with Gasteiger partial charge < -0.3 is 10.4 Å². The standard InChI is InChI=1S/C20H23N3O3/c1-12-8-10-13(11-9-12)23-17-7-3-5-15(17)18(22-23)19(24)21-16-6-2-4-14(16)20(25)26/h8-11,14,16H,2-7H2,1H3,(H,21,24)(H,25,26)/t14-,16+/m0/s1. The molecular formula is C20H23N3O3. The van der Waals surface area contributed by atoms with Crippen molar-refractivity contribution in [3.63, 3.8) is 0 Å². The number of nitrogens with zero attached hydrogens (tertiary/aromatic N) is 2. The van der Waals surface area contributed by atoms with Gasteiger partial charge in [-0.15, -0.1) is 0 Å². The van der Waals surface area contributed by atoms with E-state index in [0.29, 0.717) is 18.5 Å². The summed E-state index contributed by atoms with van der Waals surface area (Å²) in [6.07, 6.45) is 4.93. The lowest BCUT2D eigenvalue weighted by Crippen LogP contribution is -2.40. The molecule has 6 heteroatoms. The first kappa shape index (κ1) is 16.8. The van der Waals surface area contributed by atoms with Gasteiger partial charge in [0.15, 0.2) is 5.69 Å². The fraction of sp³-hybridized carbons (Fsp3) is 0.450. The van der Waals surface area contributed by atoms with Crippen LogP contribution in [0.3, 0.4) is 0 Å². The number of benzene rings is 1. The van der Waals surface area contributed by atoms with Crippen LogP contribution in [-0.2, 0) is 17.6 Å². The Hall–Kier alpha value is -2.63. The molecule has 0 spiro atoms. The van der Waals surface area contributed by atoms with Crippen LogP contribution in [0.4, 0.5) is 0 Å². The summed E-state index contributed by atoms with van der Waals surface area (Å²) in [6, 6.07) is 7.80. The molecule has 2 aliphatic carbocycles. The van der Waals surface area contributed by atoms with Gasteiger partial charge in [0.05, 0.1) is 11.6 Å². The Morgan fingerprint density at radius 1 is 1.15 bits per heavy atom. The summed E-state index contributed by atoms with van der Waals surface area (Å²) in [6.45, 7) is 2.04. The van der Waals surface area contributed by atoms with Crippen LogP contribution in [0.25, 0.3) is 5.69 Å². The van der Waals surface area contributed by atoms with Gasteiger partial charge in [-0.3, -0.25) is 9.59 Å². The molecular weight excluding hydrogens is 330 g/mol. The molecule has 0 aliphatic heterocycles. The molecule has 2 N–H and O–H groups in total. The summed E-state index contributed by atoms with van der Waals surface area (Å²) in [4.78, 5) is 24.2. The van der Waals surface area contributed by atoms with Crippen LogP contribution in [0.2, 0.25) is 0 Å². The van der Waals surface area contributed by atoms with Crippen molar-refractivity contribution in [3.05, 3.63) is 46.8 Å². The van der Waals surface area contributed by atoms with Gasteiger partial charge in [-0.25, -0.2) is 4.68 Å². The Bertz CT molecular complexity index is 854.